The van der Waals surface area contributed by atoms with Crippen LogP contribution >= 0.6 is 0 Å². The molecule has 1 saturated heterocycles. The summed E-state index contributed by atoms with van der Waals surface area (Å²) in [6, 6.07) is 0. The monoisotopic (exact) mass is 205 g/mol. The molecule has 0 bridgehead atoms. The molecule has 0 radical (unpaired) electrons. The normalized spacial score (nSPS) is 23.2. The molecule has 2 fully saturated rings. The molecular weight excluding hydrogens is 186 g/mol. The summed E-state index contributed by atoms with van der Waals surface area (Å²) in [5.74, 6) is 1.67. The Kier molecular flexibility index (Phi) is 2.49. The van der Waals surface area contributed by atoms with Gasteiger partial charge < -0.3 is 5.32 Å². The van der Waals surface area contributed by atoms with E-state index in [1.807, 2.05) is 0 Å². The van der Waals surface area contributed by atoms with E-state index in [1.165, 1.54) is 44.3 Å². The first-order valence-corrected chi connectivity index (χ1v) is 6.15. The predicted octanol–water partition coefficient (Wildman–Crippen LogP) is 1.76. The zero-order valence-corrected chi connectivity index (χ0v) is 9.15. The minimum atomic E-state index is 0.749. The molecule has 3 nitrogen and oxygen atoms in total. The summed E-state index contributed by atoms with van der Waals surface area (Å²) in [4.78, 5) is 0. The van der Waals surface area contributed by atoms with Gasteiger partial charge in [-0.05, 0) is 56.2 Å². The average molecular weight is 205 g/mol. The van der Waals surface area contributed by atoms with Crippen molar-refractivity contribution in [3.63, 3.8) is 0 Å². The van der Waals surface area contributed by atoms with E-state index in [0.29, 0.717) is 0 Å². The zero-order chi connectivity index (χ0) is 10.1. The predicted molar refractivity (Wildman–Crippen MR) is 59.8 cm³/mol. The second-order valence-electron chi connectivity index (χ2n) is 4.96. The van der Waals surface area contributed by atoms with Crippen molar-refractivity contribution >= 4 is 0 Å². The van der Waals surface area contributed by atoms with Gasteiger partial charge in [-0.3, -0.25) is 4.68 Å². The first kappa shape index (κ1) is 9.40. The smallest absolute Gasteiger partial charge is 0.0524 e. The van der Waals surface area contributed by atoms with Crippen LogP contribution in [0.1, 0.15) is 37.2 Å². The lowest BCUT2D eigenvalue weighted by atomic mass is 9.93. The Hall–Kier alpha value is -0.830. The molecule has 15 heavy (non-hydrogen) atoms. The van der Waals surface area contributed by atoms with Crippen LogP contribution < -0.4 is 5.32 Å². The number of hydrogen-bond donors (Lipinski definition) is 1. The first-order chi connectivity index (χ1) is 7.42. The maximum Gasteiger partial charge on any atom is 0.0524 e. The van der Waals surface area contributed by atoms with Crippen molar-refractivity contribution in [1.29, 1.82) is 0 Å². The molecular formula is C12H19N3. The molecule has 0 atom stereocenters. The van der Waals surface area contributed by atoms with E-state index in [-0.39, 0.29) is 0 Å². The van der Waals surface area contributed by atoms with E-state index in [4.69, 9.17) is 0 Å². The van der Waals surface area contributed by atoms with Crippen molar-refractivity contribution in [3.8, 4) is 0 Å². The number of hydrogen-bond acceptors (Lipinski definition) is 2. The highest BCUT2D eigenvalue weighted by Gasteiger charge is 2.23. The quantitative estimate of drug-likeness (QED) is 0.815. The summed E-state index contributed by atoms with van der Waals surface area (Å²) in [5, 5.41) is 7.87. The molecule has 0 amide bonds. The van der Waals surface area contributed by atoms with Gasteiger partial charge in [-0.2, -0.15) is 5.10 Å². The molecule has 3 heteroatoms. The molecule has 1 aliphatic carbocycles. The van der Waals surface area contributed by atoms with Gasteiger partial charge in [0.15, 0.2) is 0 Å². The topological polar surface area (TPSA) is 29.9 Å². The fourth-order valence-corrected chi connectivity index (χ4v) is 2.41. The number of rotatable bonds is 3. The van der Waals surface area contributed by atoms with E-state index in [0.717, 1.165) is 18.4 Å². The first-order valence-electron chi connectivity index (χ1n) is 6.15. The molecule has 2 heterocycles. The summed E-state index contributed by atoms with van der Waals surface area (Å²) in [7, 11) is 0. The molecule has 1 saturated carbocycles. The molecule has 1 N–H and O–H groups in total. The molecule has 3 rings (SSSR count). The Bertz CT molecular complexity index is 321. The maximum absolute atomic E-state index is 4.47. The minimum absolute atomic E-state index is 0.749. The van der Waals surface area contributed by atoms with Gasteiger partial charge in [0, 0.05) is 12.7 Å². The van der Waals surface area contributed by atoms with Crippen LogP contribution in [-0.4, -0.2) is 22.9 Å². The summed E-state index contributed by atoms with van der Waals surface area (Å²) >= 11 is 0. The SMILES string of the molecule is c1nn(CC2CC2)cc1C1CCNCC1. The van der Waals surface area contributed by atoms with Gasteiger partial charge >= 0.3 is 0 Å². The van der Waals surface area contributed by atoms with Crippen LogP contribution in [0, 0.1) is 5.92 Å². The molecule has 1 aromatic heterocycles. The Morgan fingerprint density at radius 3 is 2.80 bits per heavy atom. The van der Waals surface area contributed by atoms with Gasteiger partial charge in [0.05, 0.1) is 6.20 Å². The molecule has 1 aromatic rings. The molecule has 1 aliphatic heterocycles. The summed E-state index contributed by atoms with van der Waals surface area (Å²) in [6.45, 7) is 3.47. The summed E-state index contributed by atoms with van der Waals surface area (Å²) in [6.07, 6.45) is 9.71. The van der Waals surface area contributed by atoms with Crippen molar-refractivity contribution in [2.75, 3.05) is 13.1 Å². The average Bonchev–Trinajstić information content (AvgIpc) is 2.96. The van der Waals surface area contributed by atoms with Crippen LogP contribution in [0.25, 0.3) is 0 Å². The highest BCUT2D eigenvalue weighted by atomic mass is 15.3. The van der Waals surface area contributed by atoms with Crippen molar-refractivity contribution in [2.24, 2.45) is 5.92 Å². The third-order valence-corrected chi connectivity index (χ3v) is 3.61. The van der Waals surface area contributed by atoms with E-state index >= 15 is 0 Å². The van der Waals surface area contributed by atoms with E-state index in [1.54, 1.807) is 0 Å². The van der Waals surface area contributed by atoms with Gasteiger partial charge in [-0.25, -0.2) is 0 Å². The minimum Gasteiger partial charge on any atom is -0.317 e. The zero-order valence-electron chi connectivity index (χ0n) is 9.15. The highest BCUT2D eigenvalue weighted by Crippen LogP contribution is 2.31. The van der Waals surface area contributed by atoms with Crippen molar-refractivity contribution in [1.82, 2.24) is 15.1 Å². The molecule has 0 spiro atoms. The summed E-state index contributed by atoms with van der Waals surface area (Å²) < 4.78 is 2.15. The van der Waals surface area contributed by atoms with Crippen LogP contribution in [0.5, 0.6) is 0 Å². The Morgan fingerprint density at radius 2 is 2.07 bits per heavy atom. The van der Waals surface area contributed by atoms with Crippen LogP contribution in [-0.2, 0) is 6.54 Å². The van der Waals surface area contributed by atoms with Gasteiger partial charge in [0.25, 0.3) is 0 Å². The van der Waals surface area contributed by atoms with Crippen LogP contribution in [0.15, 0.2) is 12.4 Å². The fourth-order valence-electron chi connectivity index (χ4n) is 2.41. The largest absolute Gasteiger partial charge is 0.317 e. The van der Waals surface area contributed by atoms with Gasteiger partial charge in [0.1, 0.15) is 0 Å². The summed E-state index contributed by atoms with van der Waals surface area (Å²) in [5.41, 5.74) is 1.46. The Balaban J connectivity index is 1.65. The van der Waals surface area contributed by atoms with Crippen molar-refractivity contribution in [2.45, 2.75) is 38.1 Å². The van der Waals surface area contributed by atoms with Crippen molar-refractivity contribution < 1.29 is 0 Å². The van der Waals surface area contributed by atoms with E-state index in [2.05, 4.69) is 27.5 Å². The third-order valence-electron chi connectivity index (χ3n) is 3.61. The maximum atomic E-state index is 4.47. The van der Waals surface area contributed by atoms with Crippen molar-refractivity contribution in [3.05, 3.63) is 18.0 Å². The van der Waals surface area contributed by atoms with Gasteiger partial charge in [0.2, 0.25) is 0 Å². The number of piperidine rings is 1. The van der Waals surface area contributed by atoms with E-state index in [9.17, 15) is 0 Å². The lowest BCUT2D eigenvalue weighted by Crippen LogP contribution is -2.26. The second kappa shape index (κ2) is 3.97. The number of aromatic nitrogens is 2. The Morgan fingerprint density at radius 1 is 1.27 bits per heavy atom. The Labute approximate surface area is 90.9 Å². The second-order valence-corrected chi connectivity index (χ2v) is 4.96. The fraction of sp³-hybridized carbons (Fsp3) is 0.750. The molecule has 2 aliphatic rings. The number of nitrogens with zero attached hydrogens (tertiary/aromatic N) is 2. The number of nitrogens with one attached hydrogen (secondary N) is 1. The lowest BCUT2D eigenvalue weighted by Gasteiger charge is -2.21. The van der Waals surface area contributed by atoms with Crippen LogP contribution in [0.2, 0.25) is 0 Å². The van der Waals surface area contributed by atoms with Gasteiger partial charge in [-0.1, -0.05) is 0 Å². The lowest BCUT2D eigenvalue weighted by molar-refractivity contribution is 0.459. The van der Waals surface area contributed by atoms with Gasteiger partial charge in [-0.15, -0.1) is 0 Å². The van der Waals surface area contributed by atoms with E-state index < -0.39 is 0 Å². The van der Waals surface area contributed by atoms with Crippen LogP contribution in [0.3, 0.4) is 0 Å². The highest BCUT2D eigenvalue weighted by molar-refractivity contribution is 5.12. The molecule has 0 unspecified atom stereocenters. The van der Waals surface area contributed by atoms with Crippen LogP contribution in [0.4, 0.5) is 0 Å². The standard InChI is InChI=1S/C12H19N3/c1-2-10(1)8-15-9-12(7-14-15)11-3-5-13-6-4-11/h7,9-11,13H,1-6,8H2. The molecule has 0 aromatic carbocycles. The third kappa shape index (κ3) is 2.23. The molecule has 82 valence electrons.